The fourth-order valence-corrected chi connectivity index (χ4v) is 0.980. The molecule has 0 aromatic carbocycles. The summed E-state index contributed by atoms with van der Waals surface area (Å²) in [5, 5.41) is 9.52. The van der Waals surface area contributed by atoms with Gasteiger partial charge in [-0.25, -0.2) is 4.98 Å². The highest BCUT2D eigenvalue weighted by molar-refractivity contribution is 4.95. The maximum Gasteiger partial charge on any atom is 0.135 e. The second kappa shape index (κ2) is 4.07. The number of imidazole rings is 1. The molecular weight excluding hydrogens is 152 g/mol. The molecule has 0 aliphatic heterocycles. The van der Waals surface area contributed by atoms with Gasteiger partial charge in [0.25, 0.3) is 0 Å². The van der Waals surface area contributed by atoms with Crippen LogP contribution in [0.1, 0.15) is 31.7 Å². The molecule has 0 aliphatic rings. The number of aromatic nitrogens is 2. The van der Waals surface area contributed by atoms with Crippen LogP contribution in [0.5, 0.6) is 0 Å². The molecule has 2 N–H and O–H groups in total. The number of aliphatic hydroxyl groups is 1. The van der Waals surface area contributed by atoms with E-state index in [-0.39, 0.29) is 0 Å². The fraction of sp³-hybridized carbons (Fsp3) is 0.444. The maximum atomic E-state index is 9.52. The van der Waals surface area contributed by atoms with Gasteiger partial charge in [0.15, 0.2) is 0 Å². The highest BCUT2D eigenvalue weighted by Gasteiger charge is 2.08. The lowest BCUT2D eigenvalue weighted by Crippen LogP contribution is -1.99. The summed E-state index contributed by atoms with van der Waals surface area (Å²) in [5.41, 5.74) is 1.08. The van der Waals surface area contributed by atoms with Gasteiger partial charge < -0.3 is 10.1 Å². The Bertz CT molecular complexity index is 241. The number of hydrogen-bond donors (Lipinski definition) is 2. The Labute approximate surface area is 72.2 Å². The van der Waals surface area contributed by atoms with Gasteiger partial charge in [-0.3, -0.25) is 0 Å². The van der Waals surface area contributed by atoms with E-state index >= 15 is 0 Å². The zero-order valence-corrected chi connectivity index (χ0v) is 7.25. The largest absolute Gasteiger partial charge is 0.385 e. The van der Waals surface area contributed by atoms with E-state index in [4.69, 9.17) is 0 Å². The minimum absolute atomic E-state index is 0.489. The average molecular weight is 166 g/mol. The topological polar surface area (TPSA) is 48.9 Å². The molecule has 0 bridgehead atoms. The third kappa shape index (κ3) is 2.51. The predicted octanol–water partition coefficient (Wildman–Crippen LogP) is 1.80. The Hall–Kier alpha value is -1.09. The van der Waals surface area contributed by atoms with Gasteiger partial charge >= 0.3 is 0 Å². The Balaban J connectivity index is 2.39. The molecule has 0 aliphatic carbocycles. The third-order valence-electron chi connectivity index (χ3n) is 1.68. The van der Waals surface area contributed by atoms with E-state index in [9.17, 15) is 5.11 Å². The molecule has 1 aromatic rings. The Kier molecular flexibility index (Phi) is 3.05. The zero-order chi connectivity index (χ0) is 8.97. The molecular formula is C9H14N2O. The summed E-state index contributed by atoms with van der Waals surface area (Å²) >= 11 is 0. The molecule has 0 amide bonds. The number of aliphatic hydroxyl groups excluding tert-OH is 1. The van der Waals surface area contributed by atoms with Crippen LogP contribution < -0.4 is 0 Å². The van der Waals surface area contributed by atoms with Crippen LogP contribution >= 0.6 is 0 Å². The number of allylic oxidation sites excluding steroid dienone is 1. The van der Waals surface area contributed by atoms with Crippen LogP contribution in [-0.4, -0.2) is 15.1 Å². The highest BCUT2D eigenvalue weighted by atomic mass is 16.3. The third-order valence-corrected chi connectivity index (χ3v) is 1.68. The number of aromatic amines is 1. The minimum Gasteiger partial charge on any atom is -0.385 e. The van der Waals surface area contributed by atoms with Crippen LogP contribution in [0.4, 0.5) is 0 Å². The van der Waals surface area contributed by atoms with Crippen molar-refractivity contribution in [1.82, 2.24) is 9.97 Å². The van der Waals surface area contributed by atoms with Gasteiger partial charge in [-0.2, -0.15) is 0 Å². The van der Waals surface area contributed by atoms with Crippen molar-refractivity contribution in [3.8, 4) is 0 Å². The van der Waals surface area contributed by atoms with Gasteiger partial charge in [0, 0.05) is 12.4 Å². The first-order chi connectivity index (χ1) is 5.70. The first-order valence-electron chi connectivity index (χ1n) is 4.02. The molecule has 1 unspecified atom stereocenters. The van der Waals surface area contributed by atoms with Crippen molar-refractivity contribution in [1.29, 1.82) is 0 Å². The maximum absolute atomic E-state index is 9.52. The number of H-pyrrole nitrogens is 1. The number of nitrogens with zero attached hydrogens (tertiary/aromatic N) is 1. The molecule has 0 saturated heterocycles. The van der Waals surface area contributed by atoms with E-state index in [1.807, 2.05) is 6.92 Å². The molecule has 1 rings (SSSR count). The molecule has 0 radical (unpaired) electrons. The summed E-state index contributed by atoms with van der Waals surface area (Å²) < 4.78 is 0. The summed E-state index contributed by atoms with van der Waals surface area (Å²) in [5.74, 6) is 0.635. The van der Waals surface area contributed by atoms with Crippen LogP contribution in [0.3, 0.4) is 0 Å². The molecule has 66 valence electrons. The number of rotatable bonds is 4. The average Bonchev–Trinajstić information content (AvgIpc) is 2.51. The second-order valence-electron chi connectivity index (χ2n) is 2.99. The normalized spacial score (nSPS) is 12.8. The van der Waals surface area contributed by atoms with Gasteiger partial charge in [-0.1, -0.05) is 5.57 Å². The van der Waals surface area contributed by atoms with Crippen molar-refractivity contribution in [3.63, 3.8) is 0 Å². The summed E-state index contributed by atoms with van der Waals surface area (Å²) in [6.45, 7) is 5.72. The first-order valence-corrected chi connectivity index (χ1v) is 4.02. The molecule has 3 heteroatoms. The molecule has 1 atom stereocenters. The molecule has 1 heterocycles. The molecule has 1 aromatic heterocycles. The lowest BCUT2D eigenvalue weighted by molar-refractivity contribution is 0.159. The van der Waals surface area contributed by atoms with E-state index in [1.54, 1.807) is 12.4 Å². The van der Waals surface area contributed by atoms with Crippen LogP contribution in [0.15, 0.2) is 24.5 Å². The smallest absolute Gasteiger partial charge is 0.135 e. The lowest BCUT2D eigenvalue weighted by atomic mass is 10.1. The first kappa shape index (κ1) is 9.00. The van der Waals surface area contributed by atoms with E-state index < -0.39 is 6.10 Å². The molecule has 12 heavy (non-hydrogen) atoms. The summed E-state index contributed by atoms with van der Waals surface area (Å²) in [6.07, 6.45) is 4.38. The van der Waals surface area contributed by atoms with Crippen LogP contribution in [0.25, 0.3) is 0 Å². The summed E-state index contributed by atoms with van der Waals surface area (Å²) in [7, 11) is 0. The Morgan fingerprint density at radius 3 is 3.08 bits per heavy atom. The van der Waals surface area contributed by atoms with Crippen LogP contribution in [-0.2, 0) is 0 Å². The summed E-state index contributed by atoms with van der Waals surface area (Å²) in [6, 6.07) is 0. The van der Waals surface area contributed by atoms with E-state index in [0.717, 1.165) is 12.0 Å². The second-order valence-corrected chi connectivity index (χ2v) is 2.99. The van der Waals surface area contributed by atoms with Crippen molar-refractivity contribution in [2.75, 3.05) is 0 Å². The van der Waals surface area contributed by atoms with Crippen molar-refractivity contribution in [3.05, 3.63) is 30.4 Å². The van der Waals surface area contributed by atoms with E-state index in [0.29, 0.717) is 12.2 Å². The fourth-order valence-electron chi connectivity index (χ4n) is 0.980. The standard InChI is InChI=1S/C9H14N2O/c1-7(2)3-4-8(12)9-10-5-6-11-9/h5-6,8,12H,1,3-4H2,2H3,(H,10,11). The van der Waals surface area contributed by atoms with Crippen LogP contribution in [0, 0.1) is 0 Å². The molecule has 3 nitrogen and oxygen atoms in total. The van der Waals surface area contributed by atoms with E-state index in [2.05, 4.69) is 16.5 Å². The Morgan fingerprint density at radius 1 is 1.83 bits per heavy atom. The predicted molar refractivity (Wildman–Crippen MR) is 47.6 cm³/mol. The minimum atomic E-state index is -0.489. The molecule has 0 spiro atoms. The van der Waals surface area contributed by atoms with Gasteiger partial charge in [-0.05, 0) is 19.8 Å². The lowest BCUT2D eigenvalue weighted by Gasteiger charge is -2.06. The van der Waals surface area contributed by atoms with Gasteiger partial charge in [0.2, 0.25) is 0 Å². The highest BCUT2D eigenvalue weighted by Crippen LogP contribution is 2.15. The van der Waals surface area contributed by atoms with Gasteiger partial charge in [-0.15, -0.1) is 6.58 Å². The van der Waals surface area contributed by atoms with Crippen molar-refractivity contribution in [2.24, 2.45) is 0 Å². The van der Waals surface area contributed by atoms with Crippen molar-refractivity contribution in [2.45, 2.75) is 25.9 Å². The zero-order valence-electron chi connectivity index (χ0n) is 7.25. The SMILES string of the molecule is C=C(C)CCC(O)c1ncc[nH]1. The molecule has 0 saturated carbocycles. The van der Waals surface area contributed by atoms with Gasteiger partial charge in [0.05, 0.1) is 0 Å². The molecule has 0 fully saturated rings. The quantitative estimate of drug-likeness (QED) is 0.670. The van der Waals surface area contributed by atoms with Crippen LogP contribution in [0.2, 0.25) is 0 Å². The monoisotopic (exact) mass is 166 g/mol. The summed E-state index contributed by atoms with van der Waals surface area (Å²) in [4.78, 5) is 6.83. The van der Waals surface area contributed by atoms with E-state index in [1.165, 1.54) is 0 Å². The van der Waals surface area contributed by atoms with Crippen molar-refractivity contribution >= 4 is 0 Å². The number of nitrogens with one attached hydrogen (secondary N) is 1. The van der Waals surface area contributed by atoms with Crippen molar-refractivity contribution < 1.29 is 5.11 Å². The Morgan fingerprint density at radius 2 is 2.58 bits per heavy atom. The number of hydrogen-bond acceptors (Lipinski definition) is 2. The van der Waals surface area contributed by atoms with Gasteiger partial charge in [0.1, 0.15) is 11.9 Å².